The maximum atomic E-state index is 6.24. The molecule has 0 amide bonds. The Morgan fingerprint density at radius 2 is 1.79 bits per heavy atom. The highest BCUT2D eigenvalue weighted by atomic mass is 14.6. The fourth-order valence-corrected chi connectivity index (χ4v) is 5.59. The lowest BCUT2D eigenvalue weighted by molar-refractivity contribution is 0.0890. The van der Waals surface area contributed by atoms with Gasteiger partial charge in [-0.25, -0.2) is 0 Å². The molecule has 0 aromatic heterocycles. The lowest BCUT2D eigenvalue weighted by Gasteiger charge is -2.43. The normalized spacial score (nSPS) is 46.1. The van der Waals surface area contributed by atoms with Gasteiger partial charge >= 0.3 is 0 Å². The molecule has 0 aromatic carbocycles. The zero-order valence-corrected chi connectivity index (χ0v) is 13.0. The van der Waals surface area contributed by atoms with Gasteiger partial charge in [0, 0.05) is 0 Å². The van der Waals surface area contributed by atoms with Crippen LogP contribution in [-0.4, -0.2) is 6.54 Å². The maximum absolute atomic E-state index is 6.24. The third-order valence-electron chi connectivity index (χ3n) is 7.05. The molecule has 0 aliphatic heterocycles. The van der Waals surface area contributed by atoms with Crippen LogP contribution >= 0.6 is 0 Å². The van der Waals surface area contributed by atoms with Crippen LogP contribution < -0.4 is 5.73 Å². The second kappa shape index (κ2) is 5.39. The van der Waals surface area contributed by atoms with E-state index in [1.807, 2.05) is 0 Å². The minimum atomic E-state index is 0.528. The Balaban J connectivity index is 1.58. The zero-order valence-electron chi connectivity index (χ0n) is 13.0. The molecule has 0 radical (unpaired) electrons. The third-order valence-corrected chi connectivity index (χ3v) is 7.05. The molecule has 0 saturated heterocycles. The summed E-state index contributed by atoms with van der Waals surface area (Å²) in [6, 6.07) is 0. The van der Waals surface area contributed by atoms with Gasteiger partial charge in [0.25, 0.3) is 0 Å². The van der Waals surface area contributed by atoms with Gasteiger partial charge in [-0.2, -0.15) is 0 Å². The Labute approximate surface area is 119 Å². The molecule has 1 heteroatoms. The quantitative estimate of drug-likeness (QED) is 0.788. The first-order chi connectivity index (χ1) is 9.12. The van der Waals surface area contributed by atoms with Gasteiger partial charge < -0.3 is 5.73 Å². The monoisotopic (exact) mass is 263 g/mol. The molecule has 0 heterocycles. The van der Waals surface area contributed by atoms with Gasteiger partial charge in [-0.05, 0) is 92.9 Å². The van der Waals surface area contributed by atoms with Crippen LogP contribution in [0.3, 0.4) is 0 Å². The van der Waals surface area contributed by atoms with Crippen LogP contribution in [0.4, 0.5) is 0 Å². The van der Waals surface area contributed by atoms with Crippen LogP contribution in [0.25, 0.3) is 0 Å². The number of hydrogen-bond donors (Lipinski definition) is 1. The van der Waals surface area contributed by atoms with Gasteiger partial charge in [0.2, 0.25) is 0 Å². The van der Waals surface area contributed by atoms with Crippen molar-refractivity contribution in [2.45, 2.75) is 71.6 Å². The Kier molecular flexibility index (Phi) is 3.95. The van der Waals surface area contributed by atoms with Crippen LogP contribution in [0.2, 0.25) is 0 Å². The average molecular weight is 263 g/mol. The molecule has 0 spiro atoms. The molecule has 3 aliphatic carbocycles. The Bertz CT molecular complexity index is 301. The van der Waals surface area contributed by atoms with Gasteiger partial charge in [0.05, 0.1) is 0 Å². The van der Waals surface area contributed by atoms with E-state index in [2.05, 4.69) is 13.8 Å². The van der Waals surface area contributed by atoms with Gasteiger partial charge in [0.15, 0.2) is 0 Å². The fourth-order valence-electron chi connectivity index (χ4n) is 5.59. The van der Waals surface area contributed by atoms with Crippen LogP contribution in [0.1, 0.15) is 71.6 Å². The summed E-state index contributed by atoms with van der Waals surface area (Å²) in [5, 5.41) is 0. The minimum absolute atomic E-state index is 0.528. The van der Waals surface area contributed by atoms with Crippen molar-refractivity contribution in [2.24, 2.45) is 40.7 Å². The van der Waals surface area contributed by atoms with E-state index in [1.54, 1.807) is 12.8 Å². The zero-order chi connectivity index (χ0) is 13.5. The molecule has 3 fully saturated rings. The predicted octanol–water partition coefficient (Wildman–Crippen LogP) is 4.60. The van der Waals surface area contributed by atoms with E-state index < -0.39 is 0 Å². The summed E-state index contributed by atoms with van der Waals surface area (Å²) in [6.45, 7) is 5.75. The Hall–Kier alpha value is -0.0400. The first-order valence-electron chi connectivity index (χ1n) is 8.82. The predicted molar refractivity (Wildman–Crippen MR) is 81.8 cm³/mol. The van der Waals surface area contributed by atoms with Gasteiger partial charge in [0.1, 0.15) is 0 Å². The molecule has 3 saturated carbocycles. The van der Waals surface area contributed by atoms with E-state index in [0.29, 0.717) is 5.41 Å². The number of fused-ring (bicyclic) bond motifs is 2. The van der Waals surface area contributed by atoms with Crippen molar-refractivity contribution in [2.75, 3.05) is 6.54 Å². The summed E-state index contributed by atoms with van der Waals surface area (Å²) < 4.78 is 0. The van der Waals surface area contributed by atoms with Crippen molar-refractivity contribution in [3.05, 3.63) is 0 Å². The van der Waals surface area contributed by atoms with E-state index in [-0.39, 0.29) is 0 Å². The molecule has 2 N–H and O–H groups in total. The van der Waals surface area contributed by atoms with Crippen LogP contribution in [0.5, 0.6) is 0 Å². The third kappa shape index (κ3) is 2.73. The summed E-state index contributed by atoms with van der Waals surface area (Å²) in [5.41, 5.74) is 6.76. The van der Waals surface area contributed by atoms with E-state index in [0.717, 1.165) is 36.1 Å². The molecule has 3 atom stereocenters. The van der Waals surface area contributed by atoms with Crippen LogP contribution in [0.15, 0.2) is 0 Å². The summed E-state index contributed by atoms with van der Waals surface area (Å²) >= 11 is 0. The maximum Gasteiger partial charge on any atom is -0.00204 e. The molecule has 3 aliphatic rings. The minimum Gasteiger partial charge on any atom is -0.330 e. The van der Waals surface area contributed by atoms with E-state index in [1.165, 1.54) is 44.9 Å². The smallest absolute Gasteiger partial charge is 0.00204 e. The summed E-state index contributed by atoms with van der Waals surface area (Å²) in [4.78, 5) is 0. The average Bonchev–Trinajstić information content (AvgIpc) is 3.01. The number of nitrogens with two attached hydrogens (primary N) is 1. The number of hydrogen-bond acceptors (Lipinski definition) is 1. The summed E-state index contributed by atoms with van der Waals surface area (Å²) in [5.74, 6) is 5.06. The highest BCUT2D eigenvalue weighted by Gasteiger charge is 2.44. The standard InChI is InChI=1S/C18H33N/c1-13(2)15-5-7-18(12-19,8-6-15)11-17-10-14-3-4-16(17)9-14/h13-17H,3-12,19H2,1-2H3. The molecule has 3 rings (SSSR count). The van der Waals surface area contributed by atoms with E-state index in [4.69, 9.17) is 5.73 Å². The summed E-state index contributed by atoms with van der Waals surface area (Å²) in [6.07, 6.45) is 13.3. The number of rotatable bonds is 4. The molecule has 110 valence electrons. The van der Waals surface area contributed by atoms with Crippen LogP contribution in [-0.2, 0) is 0 Å². The van der Waals surface area contributed by atoms with Gasteiger partial charge in [-0.1, -0.05) is 20.3 Å². The lowest BCUT2D eigenvalue weighted by Crippen LogP contribution is -2.38. The van der Waals surface area contributed by atoms with Crippen molar-refractivity contribution in [1.82, 2.24) is 0 Å². The van der Waals surface area contributed by atoms with Gasteiger partial charge in [-0.15, -0.1) is 0 Å². The van der Waals surface area contributed by atoms with Crippen molar-refractivity contribution in [3.63, 3.8) is 0 Å². The van der Waals surface area contributed by atoms with Crippen molar-refractivity contribution in [1.29, 1.82) is 0 Å². The molecule has 1 nitrogen and oxygen atoms in total. The van der Waals surface area contributed by atoms with Crippen molar-refractivity contribution >= 4 is 0 Å². The molecular formula is C18H33N. The molecular weight excluding hydrogens is 230 g/mol. The lowest BCUT2D eigenvalue weighted by atomic mass is 9.63. The molecule has 2 bridgehead atoms. The van der Waals surface area contributed by atoms with Crippen LogP contribution in [0, 0.1) is 35.0 Å². The first-order valence-corrected chi connectivity index (χ1v) is 8.82. The fraction of sp³-hybridized carbons (Fsp3) is 1.00. The molecule has 19 heavy (non-hydrogen) atoms. The second-order valence-corrected chi connectivity index (χ2v) is 8.42. The first kappa shape index (κ1) is 13.9. The summed E-state index contributed by atoms with van der Waals surface area (Å²) in [7, 11) is 0. The Morgan fingerprint density at radius 1 is 1.05 bits per heavy atom. The Morgan fingerprint density at radius 3 is 2.26 bits per heavy atom. The largest absolute Gasteiger partial charge is 0.330 e. The topological polar surface area (TPSA) is 26.0 Å². The van der Waals surface area contributed by atoms with Crippen molar-refractivity contribution in [3.8, 4) is 0 Å². The van der Waals surface area contributed by atoms with Crippen molar-refractivity contribution < 1.29 is 0 Å². The highest BCUT2D eigenvalue weighted by Crippen LogP contribution is 2.54. The van der Waals surface area contributed by atoms with E-state index >= 15 is 0 Å². The second-order valence-electron chi connectivity index (χ2n) is 8.42. The molecule has 0 aromatic rings. The van der Waals surface area contributed by atoms with Gasteiger partial charge in [-0.3, -0.25) is 0 Å². The highest BCUT2D eigenvalue weighted by molar-refractivity contribution is 4.96. The SMILES string of the molecule is CC(C)C1CCC(CN)(CC2CC3CCC2C3)CC1. The van der Waals surface area contributed by atoms with E-state index in [9.17, 15) is 0 Å². The molecule has 3 unspecified atom stereocenters.